The van der Waals surface area contributed by atoms with Gasteiger partial charge in [-0.15, -0.1) is 5.10 Å². The molecule has 3 heterocycles. The SMILES string of the molecule is Cc1cc(NC(=O)CN2CCN(Cc3nnsc3Cl)CC2)no1. The molecule has 1 aliphatic rings. The first-order chi connectivity index (χ1) is 11.1. The van der Waals surface area contributed by atoms with Gasteiger partial charge >= 0.3 is 0 Å². The minimum absolute atomic E-state index is 0.0847. The Balaban J connectivity index is 1.42. The van der Waals surface area contributed by atoms with E-state index in [0.29, 0.717) is 29.0 Å². The van der Waals surface area contributed by atoms with Crippen molar-refractivity contribution in [2.45, 2.75) is 13.5 Å². The molecule has 0 bridgehead atoms. The maximum absolute atomic E-state index is 12.0. The van der Waals surface area contributed by atoms with Crippen molar-refractivity contribution >= 4 is 34.9 Å². The van der Waals surface area contributed by atoms with E-state index in [0.717, 1.165) is 31.9 Å². The van der Waals surface area contributed by atoms with Crippen molar-refractivity contribution in [2.24, 2.45) is 0 Å². The van der Waals surface area contributed by atoms with Crippen molar-refractivity contribution in [3.63, 3.8) is 0 Å². The van der Waals surface area contributed by atoms with Gasteiger partial charge < -0.3 is 9.84 Å². The van der Waals surface area contributed by atoms with Crippen LogP contribution in [0.3, 0.4) is 0 Å². The zero-order chi connectivity index (χ0) is 16.2. The van der Waals surface area contributed by atoms with Gasteiger partial charge in [0.25, 0.3) is 0 Å². The zero-order valence-corrected chi connectivity index (χ0v) is 14.2. The quantitative estimate of drug-likeness (QED) is 0.862. The van der Waals surface area contributed by atoms with Gasteiger partial charge in [-0.05, 0) is 6.92 Å². The summed E-state index contributed by atoms with van der Waals surface area (Å²) in [5, 5.41) is 10.5. The van der Waals surface area contributed by atoms with Crippen molar-refractivity contribution in [3.05, 3.63) is 21.9 Å². The first-order valence-electron chi connectivity index (χ1n) is 7.25. The van der Waals surface area contributed by atoms with Crippen molar-refractivity contribution in [2.75, 3.05) is 38.0 Å². The molecule has 8 nitrogen and oxygen atoms in total. The van der Waals surface area contributed by atoms with Gasteiger partial charge in [0.1, 0.15) is 15.8 Å². The van der Waals surface area contributed by atoms with Crippen LogP contribution in [0.5, 0.6) is 0 Å². The van der Waals surface area contributed by atoms with E-state index in [1.807, 2.05) is 0 Å². The second kappa shape index (κ2) is 7.35. The topological polar surface area (TPSA) is 87.4 Å². The standard InChI is InChI=1S/C13H17ClN6O2S/c1-9-6-11(17-22-9)15-12(21)8-20-4-2-19(3-5-20)7-10-13(14)23-18-16-10/h6H,2-5,7-8H2,1H3,(H,15,17,21). The van der Waals surface area contributed by atoms with E-state index in [9.17, 15) is 4.79 Å². The second-order valence-electron chi connectivity index (χ2n) is 5.42. The molecule has 124 valence electrons. The third-order valence-corrected chi connectivity index (χ3v) is 4.59. The molecule has 23 heavy (non-hydrogen) atoms. The van der Waals surface area contributed by atoms with E-state index in [4.69, 9.17) is 16.1 Å². The van der Waals surface area contributed by atoms with Crippen LogP contribution in [-0.2, 0) is 11.3 Å². The monoisotopic (exact) mass is 356 g/mol. The summed E-state index contributed by atoms with van der Waals surface area (Å²) in [6.45, 7) is 6.20. The molecular formula is C13H17ClN6O2S. The molecular weight excluding hydrogens is 340 g/mol. The van der Waals surface area contributed by atoms with E-state index in [1.165, 1.54) is 11.5 Å². The number of nitrogens with one attached hydrogen (secondary N) is 1. The minimum Gasteiger partial charge on any atom is -0.360 e. The summed E-state index contributed by atoms with van der Waals surface area (Å²) >= 11 is 7.23. The summed E-state index contributed by atoms with van der Waals surface area (Å²) in [6, 6.07) is 1.70. The lowest BCUT2D eigenvalue weighted by atomic mass is 10.3. The van der Waals surface area contributed by atoms with Crippen molar-refractivity contribution in [1.29, 1.82) is 0 Å². The molecule has 3 rings (SSSR count). The number of halogens is 1. The molecule has 0 aliphatic carbocycles. The number of aryl methyl sites for hydroxylation is 1. The van der Waals surface area contributed by atoms with Gasteiger partial charge in [-0.2, -0.15) is 0 Å². The number of rotatable bonds is 5. The van der Waals surface area contributed by atoms with Gasteiger partial charge in [0.05, 0.1) is 6.54 Å². The molecule has 0 saturated carbocycles. The van der Waals surface area contributed by atoms with E-state index < -0.39 is 0 Å². The number of carbonyl (C=O) groups excluding carboxylic acids is 1. The molecule has 1 saturated heterocycles. The lowest BCUT2D eigenvalue weighted by Gasteiger charge is -2.33. The van der Waals surface area contributed by atoms with Crippen molar-refractivity contribution < 1.29 is 9.32 Å². The van der Waals surface area contributed by atoms with Crippen LogP contribution in [0.1, 0.15) is 11.5 Å². The van der Waals surface area contributed by atoms with Crippen LogP contribution in [0.2, 0.25) is 4.34 Å². The van der Waals surface area contributed by atoms with Gasteiger partial charge in [-0.25, -0.2) is 0 Å². The molecule has 1 aliphatic heterocycles. The Bertz CT molecular complexity index is 667. The van der Waals surface area contributed by atoms with Crippen LogP contribution in [0, 0.1) is 6.92 Å². The number of anilines is 1. The lowest BCUT2D eigenvalue weighted by Crippen LogP contribution is -2.48. The highest BCUT2D eigenvalue weighted by Crippen LogP contribution is 2.19. The zero-order valence-electron chi connectivity index (χ0n) is 12.7. The Labute approximate surface area is 142 Å². The molecule has 0 atom stereocenters. The Hall–Kier alpha value is -1.55. The van der Waals surface area contributed by atoms with Gasteiger partial charge in [-0.1, -0.05) is 21.2 Å². The molecule has 2 aromatic rings. The second-order valence-corrected chi connectivity index (χ2v) is 6.77. The van der Waals surface area contributed by atoms with Gasteiger partial charge in [0.2, 0.25) is 5.91 Å². The van der Waals surface area contributed by atoms with E-state index in [1.54, 1.807) is 13.0 Å². The fraction of sp³-hybridized carbons (Fsp3) is 0.538. The Morgan fingerprint density at radius 3 is 2.74 bits per heavy atom. The number of nitrogens with zero attached hydrogens (tertiary/aromatic N) is 5. The van der Waals surface area contributed by atoms with Crippen LogP contribution in [0.4, 0.5) is 5.82 Å². The number of amides is 1. The first kappa shape index (κ1) is 16.3. The fourth-order valence-electron chi connectivity index (χ4n) is 2.42. The number of carbonyl (C=O) groups is 1. The average molecular weight is 357 g/mol. The summed E-state index contributed by atoms with van der Waals surface area (Å²) in [4.78, 5) is 16.4. The maximum Gasteiger partial charge on any atom is 0.239 e. The van der Waals surface area contributed by atoms with Crippen molar-refractivity contribution in [3.8, 4) is 0 Å². The van der Waals surface area contributed by atoms with Crippen LogP contribution in [0.25, 0.3) is 0 Å². The van der Waals surface area contributed by atoms with Gasteiger partial charge in [0, 0.05) is 50.3 Å². The summed E-state index contributed by atoms with van der Waals surface area (Å²) in [6.07, 6.45) is 0. The Morgan fingerprint density at radius 1 is 1.39 bits per heavy atom. The normalized spacial score (nSPS) is 16.6. The molecule has 1 amide bonds. The lowest BCUT2D eigenvalue weighted by molar-refractivity contribution is -0.117. The summed E-state index contributed by atoms with van der Waals surface area (Å²) < 4.78 is 9.41. The van der Waals surface area contributed by atoms with Crippen LogP contribution < -0.4 is 5.32 Å². The van der Waals surface area contributed by atoms with Gasteiger partial charge in [0.15, 0.2) is 5.82 Å². The summed E-state index contributed by atoms with van der Waals surface area (Å²) in [7, 11) is 0. The molecule has 0 radical (unpaired) electrons. The van der Waals surface area contributed by atoms with Gasteiger partial charge in [-0.3, -0.25) is 14.6 Å². The smallest absolute Gasteiger partial charge is 0.239 e. The predicted molar refractivity (Wildman–Crippen MR) is 86.5 cm³/mol. The van der Waals surface area contributed by atoms with E-state index in [2.05, 4.69) is 29.9 Å². The first-order valence-corrected chi connectivity index (χ1v) is 8.40. The van der Waals surface area contributed by atoms with Crippen LogP contribution in [0.15, 0.2) is 10.6 Å². The summed E-state index contributed by atoms with van der Waals surface area (Å²) in [5.41, 5.74) is 0.823. The number of hydrogen-bond acceptors (Lipinski definition) is 8. The number of hydrogen-bond donors (Lipinski definition) is 1. The number of piperazine rings is 1. The highest BCUT2D eigenvalue weighted by atomic mass is 35.5. The molecule has 2 aromatic heterocycles. The number of aromatic nitrogens is 3. The Kier molecular flexibility index (Phi) is 5.21. The predicted octanol–water partition coefficient (Wildman–Crippen LogP) is 1.24. The van der Waals surface area contributed by atoms with Crippen LogP contribution in [-0.4, -0.2) is 63.2 Å². The van der Waals surface area contributed by atoms with Crippen LogP contribution >= 0.6 is 23.1 Å². The molecule has 0 spiro atoms. The average Bonchev–Trinajstić information content (AvgIpc) is 3.10. The Morgan fingerprint density at radius 2 is 2.13 bits per heavy atom. The maximum atomic E-state index is 12.0. The highest BCUT2D eigenvalue weighted by Gasteiger charge is 2.21. The fourth-order valence-corrected chi connectivity index (χ4v) is 3.03. The minimum atomic E-state index is -0.0847. The molecule has 1 N–H and O–H groups in total. The summed E-state index contributed by atoms with van der Waals surface area (Å²) in [5.74, 6) is 1.04. The van der Waals surface area contributed by atoms with E-state index >= 15 is 0 Å². The molecule has 0 aromatic carbocycles. The highest BCUT2D eigenvalue weighted by molar-refractivity contribution is 7.10. The largest absolute Gasteiger partial charge is 0.360 e. The molecule has 10 heteroatoms. The third-order valence-electron chi connectivity index (χ3n) is 3.61. The van der Waals surface area contributed by atoms with Crippen molar-refractivity contribution in [1.82, 2.24) is 24.5 Å². The van der Waals surface area contributed by atoms with E-state index in [-0.39, 0.29) is 5.91 Å². The third kappa shape index (κ3) is 4.47. The molecule has 0 unspecified atom stereocenters. The molecule has 1 fully saturated rings.